The highest BCUT2D eigenvalue weighted by molar-refractivity contribution is 6.43. The number of carbonyl (C=O) groups is 2. The Morgan fingerprint density at radius 1 is 1.09 bits per heavy atom. The van der Waals surface area contributed by atoms with E-state index in [-0.39, 0.29) is 12.2 Å². The molecule has 0 radical (unpaired) electrons. The Bertz CT molecular complexity index is 718. The molecule has 0 amide bonds. The molecule has 7 nitrogen and oxygen atoms in total. The van der Waals surface area contributed by atoms with Crippen molar-refractivity contribution in [1.82, 2.24) is 4.98 Å². The number of ketones is 1. The minimum absolute atomic E-state index is 0.126. The SMILES string of the molecule is CCOC(=O)C(=O)c1c[nH]c2c(OC)c(OC)cc(OC)c12. The number of Topliss-reactive ketones (excluding diaryl/α,β-unsaturated/α-hetero) is 1. The molecule has 0 bridgehead atoms. The van der Waals surface area contributed by atoms with E-state index < -0.39 is 11.8 Å². The maximum Gasteiger partial charge on any atom is 0.379 e. The molecule has 1 aromatic heterocycles. The Hall–Kier alpha value is -2.70. The third kappa shape index (κ3) is 2.45. The van der Waals surface area contributed by atoms with E-state index in [2.05, 4.69) is 4.98 Å². The second-order valence-corrected chi connectivity index (χ2v) is 4.32. The molecule has 0 atom stereocenters. The lowest BCUT2D eigenvalue weighted by Gasteiger charge is -2.12. The number of aromatic amines is 1. The van der Waals surface area contributed by atoms with Crippen molar-refractivity contribution in [2.24, 2.45) is 0 Å². The number of carbonyl (C=O) groups excluding carboxylic acids is 2. The van der Waals surface area contributed by atoms with Crippen LogP contribution in [0.1, 0.15) is 17.3 Å². The number of methoxy groups -OCH3 is 3. The minimum Gasteiger partial charge on any atom is -0.496 e. The second-order valence-electron chi connectivity index (χ2n) is 4.32. The van der Waals surface area contributed by atoms with Crippen molar-refractivity contribution >= 4 is 22.7 Å². The molecule has 0 aliphatic heterocycles. The molecule has 0 saturated heterocycles. The lowest BCUT2D eigenvalue weighted by Crippen LogP contribution is -2.17. The molecule has 0 aliphatic carbocycles. The highest BCUT2D eigenvalue weighted by atomic mass is 16.5. The molecule has 22 heavy (non-hydrogen) atoms. The second kappa shape index (κ2) is 6.38. The highest BCUT2D eigenvalue weighted by Crippen LogP contribution is 2.42. The molecule has 1 heterocycles. The van der Waals surface area contributed by atoms with E-state index in [1.165, 1.54) is 27.5 Å². The summed E-state index contributed by atoms with van der Waals surface area (Å²) in [5, 5.41) is 0.443. The van der Waals surface area contributed by atoms with Gasteiger partial charge in [-0.1, -0.05) is 0 Å². The van der Waals surface area contributed by atoms with Gasteiger partial charge in [-0.05, 0) is 6.92 Å². The fraction of sp³-hybridized carbons (Fsp3) is 0.333. The number of hydrogen-bond donors (Lipinski definition) is 1. The zero-order valence-electron chi connectivity index (χ0n) is 12.8. The fourth-order valence-corrected chi connectivity index (χ4v) is 2.24. The van der Waals surface area contributed by atoms with E-state index in [4.69, 9.17) is 18.9 Å². The molecule has 118 valence electrons. The minimum atomic E-state index is -0.916. The number of aromatic nitrogens is 1. The summed E-state index contributed by atoms with van der Waals surface area (Å²) in [7, 11) is 4.44. The van der Waals surface area contributed by atoms with Crippen LogP contribution in [0.25, 0.3) is 10.9 Å². The van der Waals surface area contributed by atoms with E-state index in [1.54, 1.807) is 13.0 Å². The molecule has 2 rings (SSSR count). The third-order valence-corrected chi connectivity index (χ3v) is 3.19. The number of ether oxygens (including phenoxy) is 4. The first-order valence-electron chi connectivity index (χ1n) is 6.60. The van der Waals surface area contributed by atoms with Crippen molar-refractivity contribution in [1.29, 1.82) is 0 Å². The van der Waals surface area contributed by atoms with E-state index >= 15 is 0 Å². The van der Waals surface area contributed by atoms with Gasteiger partial charge >= 0.3 is 5.97 Å². The molecular weight excluding hydrogens is 290 g/mol. The molecule has 0 saturated carbocycles. The van der Waals surface area contributed by atoms with Gasteiger partial charge in [-0.25, -0.2) is 4.79 Å². The van der Waals surface area contributed by atoms with Gasteiger partial charge in [-0.2, -0.15) is 0 Å². The fourth-order valence-electron chi connectivity index (χ4n) is 2.24. The molecule has 7 heteroatoms. The molecule has 2 aromatic rings. The predicted molar refractivity (Wildman–Crippen MR) is 78.9 cm³/mol. The van der Waals surface area contributed by atoms with Gasteiger partial charge in [0.1, 0.15) is 5.75 Å². The smallest absolute Gasteiger partial charge is 0.379 e. The van der Waals surface area contributed by atoms with Crippen LogP contribution in [0.2, 0.25) is 0 Å². The van der Waals surface area contributed by atoms with Gasteiger partial charge in [0.25, 0.3) is 5.78 Å². The van der Waals surface area contributed by atoms with E-state index in [1.807, 2.05) is 0 Å². The van der Waals surface area contributed by atoms with Crippen molar-refractivity contribution in [2.75, 3.05) is 27.9 Å². The zero-order valence-corrected chi connectivity index (χ0v) is 12.8. The number of nitrogens with one attached hydrogen (secondary N) is 1. The van der Waals surface area contributed by atoms with Crippen molar-refractivity contribution in [3.63, 3.8) is 0 Å². The van der Waals surface area contributed by atoms with Gasteiger partial charge < -0.3 is 23.9 Å². The van der Waals surface area contributed by atoms with Crippen molar-refractivity contribution in [2.45, 2.75) is 6.92 Å². The normalized spacial score (nSPS) is 10.4. The van der Waals surface area contributed by atoms with Crippen LogP contribution in [-0.4, -0.2) is 44.7 Å². The number of rotatable bonds is 6. The summed E-state index contributed by atoms with van der Waals surface area (Å²) in [6, 6.07) is 1.59. The summed E-state index contributed by atoms with van der Waals surface area (Å²) in [6.07, 6.45) is 1.42. The van der Waals surface area contributed by atoms with Gasteiger partial charge in [-0.15, -0.1) is 0 Å². The summed E-state index contributed by atoms with van der Waals surface area (Å²) in [5.41, 5.74) is 0.664. The van der Waals surface area contributed by atoms with Crippen molar-refractivity contribution in [3.8, 4) is 17.2 Å². The third-order valence-electron chi connectivity index (χ3n) is 3.19. The van der Waals surface area contributed by atoms with Crippen molar-refractivity contribution < 1.29 is 28.5 Å². The molecule has 0 fully saturated rings. The Labute approximate surface area is 127 Å². The maximum atomic E-state index is 12.2. The van der Waals surface area contributed by atoms with Crippen LogP contribution in [0, 0.1) is 0 Å². The van der Waals surface area contributed by atoms with Gasteiger partial charge in [0.2, 0.25) is 0 Å². The van der Waals surface area contributed by atoms with Gasteiger partial charge in [-0.3, -0.25) is 4.79 Å². The Balaban J connectivity index is 2.68. The topological polar surface area (TPSA) is 86.9 Å². The lowest BCUT2D eigenvalue weighted by atomic mass is 10.1. The van der Waals surface area contributed by atoms with Crippen molar-refractivity contribution in [3.05, 3.63) is 17.8 Å². The van der Waals surface area contributed by atoms with Crippen LogP contribution in [-0.2, 0) is 9.53 Å². The van der Waals surface area contributed by atoms with E-state index in [9.17, 15) is 9.59 Å². The molecule has 0 unspecified atom stereocenters. The van der Waals surface area contributed by atoms with Crippen LogP contribution in [0.15, 0.2) is 12.3 Å². The quantitative estimate of drug-likeness (QED) is 0.498. The molecule has 1 aromatic carbocycles. The molecule has 1 N–H and O–H groups in total. The summed E-state index contributed by atoms with van der Waals surface area (Å²) < 4.78 is 20.6. The molecular formula is C15H17NO6. The monoisotopic (exact) mass is 307 g/mol. The van der Waals surface area contributed by atoms with Crippen LogP contribution in [0.5, 0.6) is 17.2 Å². The predicted octanol–water partition coefficient (Wildman–Crippen LogP) is 1.94. The van der Waals surface area contributed by atoms with Gasteiger partial charge in [0.05, 0.1) is 44.4 Å². The largest absolute Gasteiger partial charge is 0.496 e. The maximum absolute atomic E-state index is 12.2. The zero-order chi connectivity index (χ0) is 16.3. The lowest BCUT2D eigenvalue weighted by molar-refractivity contribution is -0.137. The van der Waals surface area contributed by atoms with Crippen LogP contribution >= 0.6 is 0 Å². The van der Waals surface area contributed by atoms with Gasteiger partial charge in [0, 0.05) is 12.3 Å². The first-order valence-corrected chi connectivity index (χ1v) is 6.60. The molecule has 0 aliphatic rings. The average molecular weight is 307 g/mol. The first-order chi connectivity index (χ1) is 10.6. The Kier molecular flexibility index (Phi) is 4.55. The van der Waals surface area contributed by atoms with Gasteiger partial charge in [0.15, 0.2) is 11.5 Å². The van der Waals surface area contributed by atoms with Crippen LogP contribution < -0.4 is 14.2 Å². The standard InChI is InChI=1S/C15H17NO6/c1-5-22-15(18)13(17)8-7-16-12-11(8)9(19-2)6-10(20-3)14(12)21-4/h6-7,16H,5H2,1-4H3. The molecule has 0 spiro atoms. The number of esters is 1. The van der Waals surface area contributed by atoms with E-state index in [0.717, 1.165) is 0 Å². The summed E-state index contributed by atoms with van der Waals surface area (Å²) in [4.78, 5) is 26.8. The Morgan fingerprint density at radius 2 is 1.77 bits per heavy atom. The summed E-state index contributed by atoms with van der Waals surface area (Å²) in [5.74, 6) is -0.412. The summed E-state index contributed by atoms with van der Waals surface area (Å²) in [6.45, 7) is 1.76. The first kappa shape index (κ1) is 15.7. The number of hydrogen-bond acceptors (Lipinski definition) is 6. The Morgan fingerprint density at radius 3 is 2.32 bits per heavy atom. The van der Waals surface area contributed by atoms with E-state index in [0.29, 0.717) is 28.2 Å². The summed E-state index contributed by atoms with van der Waals surface area (Å²) >= 11 is 0. The van der Waals surface area contributed by atoms with Crippen LogP contribution in [0.3, 0.4) is 0 Å². The average Bonchev–Trinajstić information content (AvgIpc) is 2.97. The number of benzene rings is 1. The van der Waals surface area contributed by atoms with Crippen LogP contribution in [0.4, 0.5) is 0 Å². The highest BCUT2D eigenvalue weighted by Gasteiger charge is 2.26. The number of fused-ring (bicyclic) bond motifs is 1. The number of H-pyrrole nitrogens is 1.